The van der Waals surface area contributed by atoms with Gasteiger partial charge in [-0.3, -0.25) is 0 Å². The van der Waals surface area contributed by atoms with Gasteiger partial charge in [-0.05, 0) is 25.1 Å². The molecule has 1 saturated heterocycles. The molecule has 72 valence electrons. The highest BCUT2D eigenvalue weighted by molar-refractivity contribution is 7.99. The molecule has 13 heavy (non-hydrogen) atoms. The molecule has 0 amide bonds. The summed E-state index contributed by atoms with van der Waals surface area (Å²) in [6, 6.07) is 0. The Kier molecular flexibility index (Phi) is 3.24. The number of hydrogen-bond acceptors (Lipinski definition) is 4. The van der Waals surface area contributed by atoms with Crippen LogP contribution in [0.3, 0.4) is 0 Å². The Hall–Kier alpha value is -0.0600. The molecule has 4 heteroatoms. The van der Waals surface area contributed by atoms with E-state index < -0.39 is 0 Å². The third-order valence-electron chi connectivity index (χ3n) is 2.24. The smallest absolute Gasteiger partial charge is 0.0967 e. The second-order valence-electron chi connectivity index (χ2n) is 3.26. The number of hydrogen-bond donors (Lipinski definition) is 1. The van der Waals surface area contributed by atoms with E-state index in [4.69, 9.17) is 5.73 Å². The average Bonchev–Trinajstić information content (AvgIpc) is 2.70. The number of thioether (sulfide) groups is 1. The first-order chi connectivity index (χ1) is 6.40. The molecule has 0 radical (unpaired) electrons. The van der Waals surface area contributed by atoms with E-state index in [1.54, 1.807) is 0 Å². The molecule has 2 heterocycles. The normalized spacial score (nSPS) is 22.4. The molecule has 1 unspecified atom stereocenters. The Morgan fingerprint density at radius 2 is 2.54 bits per heavy atom. The fourth-order valence-electron chi connectivity index (χ4n) is 1.50. The van der Waals surface area contributed by atoms with Crippen molar-refractivity contribution >= 4 is 23.1 Å². The second kappa shape index (κ2) is 4.44. The number of nitrogens with zero attached hydrogens (tertiary/aromatic N) is 1. The lowest BCUT2D eigenvalue weighted by molar-refractivity contribution is 0.773. The van der Waals surface area contributed by atoms with Gasteiger partial charge in [-0.2, -0.15) is 11.8 Å². The number of rotatable bonds is 3. The third kappa shape index (κ3) is 2.24. The lowest BCUT2D eigenvalue weighted by atomic mass is 10.1. The van der Waals surface area contributed by atoms with Crippen molar-refractivity contribution in [3.8, 4) is 0 Å². The van der Waals surface area contributed by atoms with Gasteiger partial charge < -0.3 is 5.73 Å². The van der Waals surface area contributed by atoms with Crippen molar-refractivity contribution in [3.05, 3.63) is 16.1 Å². The summed E-state index contributed by atoms with van der Waals surface area (Å²) < 4.78 is 0. The van der Waals surface area contributed by atoms with Crippen LogP contribution in [0.1, 0.15) is 22.2 Å². The predicted octanol–water partition coefficient (Wildman–Crippen LogP) is 1.86. The zero-order valence-corrected chi connectivity index (χ0v) is 9.16. The van der Waals surface area contributed by atoms with E-state index in [-0.39, 0.29) is 0 Å². The Bertz CT molecular complexity index is 266. The molecule has 1 aliphatic rings. The summed E-state index contributed by atoms with van der Waals surface area (Å²) in [6.45, 7) is 0.737. The molecule has 1 aromatic rings. The van der Waals surface area contributed by atoms with Crippen molar-refractivity contribution in [1.82, 2.24) is 4.98 Å². The quantitative estimate of drug-likeness (QED) is 0.835. The maximum atomic E-state index is 5.50. The van der Waals surface area contributed by atoms with Crippen LogP contribution >= 0.6 is 23.1 Å². The molecule has 0 aromatic carbocycles. The molecular weight excluding hydrogens is 200 g/mol. The van der Waals surface area contributed by atoms with Crippen LogP contribution < -0.4 is 5.73 Å². The summed E-state index contributed by atoms with van der Waals surface area (Å²) in [5.41, 5.74) is 5.50. The Balaban J connectivity index is 2.03. The van der Waals surface area contributed by atoms with E-state index in [0.29, 0.717) is 0 Å². The standard InChI is InChI=1S/C9H14N2S2/c10-3-1-8-5-11-9(13-8)7-2-4-12-6-7/h5,7H,1-4,6,10H2. The molecule has 2 rings (SSSR count). The van der Waals surface area contributed by atoms with Gasteiger partial charge in [0.2, 0.25) is 0 Å². The van der Waals surface area contributed by atoms with Crippen LogP contribution in [0.25, 0.3) is 0 Å². The van der Waals surface area contributed by atoms with Gasteiger partial charge in [0.05, 0.1) is 5.01 Å². The Labute approximate surface area is 86.9 Å². The van der Waals surface area contributed by atoms with Gasteiger partial charge >= 0.3 is 0 Å². The summed E-state index contributed by atoms with van der Waals surface area (Å²) in [5.74, 6) is 3.29. The van der Waals surface area contributed by atoms with Gasteiger partial charge in [-0.15, -0.1) is 11.3 Å². The molecule has 1 aliphatic heterocycles. The van der Waals surface area contributed by atoms with Crippen LogP contribution in [0.5, 0.6) is 0 Å². The zero-order valence-electron chi connectivity index (χ0n) is 7.53. The molecule has 0 spiro atoms. The minimum absolute atomic E-state index is 0.724. The first-order valence-electron chi connectivity index (χ1n) is 4.62. The SMILES string of the molecule is NCCc1cnc(C2CCSC2)s1. The molecule has 0 saturated carbocycles. The fraction of sp³-hybridized carbons (Fsp3) is 0.667. The summed E-state index contributed by atoms with van der Waals surface area (Å²) in [5, 5.41) is 1.33. The summed E-state index contributed by atoms with van der Waals surface area (Å²) in [7, 11) is 0. The van der Waals surface area contributed by atoms with Gasteiger partial charge in [-0.25, -0.2) is 4.98 Å². The van der Waals surface area contributed by atoms with Crippen molar-refractivity contribution < 1.29 is 0 Å². The number of nitrogens with two attached hydrogens (primary N) is 1. The Morgan fingerprint density at radius 1 is 1.62 bits per heavy atom. The fourth-order valence-corrected chi connectivity index (χ4v) is 3.90. The second-order valence-corrected chi connectivity index (χ2v) is 5.56. The largest absolute Gasteiger partial charge is 0.330 e. The lowest BCUT2D eigenvalue weighted by Crippen LogP contribution is -2.00. The van der Waals surface area contributed by atoms with Gasteiger partial charge in [0.15, 0.2) is 0 Å². The molecule has 1 atom stereocenters. The highest BCUT2D eigenvalue weighted by atomic mass is 32.2. The molecule has 1 fully saturated rings. The minimum atomic E-state index is 0.724. The topological polar surface area (TPSA) is 38.9 Å². The predicted molar refractivity (Wildman–Crippen MR) is 59.6 cm³/mol. The van der Waals surface area contributed by atoms with E-state index in [1.165, 1.54) is 27.8 Å². The minimum Gasteiger partial charge on any atom is -0.330 e. The third-order valence-corrected chi connectivity index (χ3v) is 4.62. The van der Waals surface area contributed by atoms with E-state index in [1.807, 2.05) is 29.3 Å². The van der Waals surface area contributed by atoms with Crippen LogP contribution in [-0.4, -0.2) is 23.0 Å². The lowest BCUT2D eigenvalue weighted by Gasteiger charge is -2.01. The van der Waals surface area contributed by atoms with Gasteiger partial charge in [0.25, 0.3) is 0 Å². The van der Waals surface area contributed by atoms with Crippen LogP contribution in [0, 0.1) is 0 Å². The van der Waals surface area contributed by atoms with Crippen LogP contribution in [0.15, 0.2) is 6.20 Å². The maximum absolute atomic E-state index is 5.50. The van der Waals surface area contributed by atoms with Crippen LogP contribution in [0.4, 0.5) is 0 Å². The van der Waals surface area contributed by atoms with Gasteiger partial charge in [-0.1, -0.05) is 0 Å². The van der Waals surface area contributed by atoms with E-state index in [2.05, 4.69) is 4.98 Å². The molecule has 1 aromatic heterocycles. The molecule has 2 nitrogen and oxygen atoms in total. The molecule has 0 aliphatic carbocycles. The number of aromatic nitrogens is 1. The highest BCUT2D eigenvalue weighted by Crippen LogP contribution is 2.34. The van der Waals surface area contributed by atoms with Crippen LogP contribution in [-0.2, 0) is 6.42 Å². The summed E-state index contributed by atoms with van der Waals surface area (Å²) >= 11 is 3.89. The van der Waals surface area contributed by atoms with E-state index >= 15 is 0 Å². The molecular formula is C9H14N2S2. The van der Waals surface area contributed by atoms with Crippen molar-refractivity contribution in [2.75, 3.05) is 18.1 Å². The maximum Gasteiger partial charge on any atom is 0.0967 e. The van der Waals surface area contributed by atoms with Gasteiger partial charge in [0, 0.05) is 22.7 Å². The average molecular weight is 214 g/mol. The van der Waals surface area contributed by atoms with Gasteiger partial charge in [0.1, 0.15) is 0 Å². The summed E-state index contributed by atoms with van der Waals surface area (Å²) in [4.78, 5) is 5.81. The Morgan fingerprint density at radius 3 is 3.23 bits per heavy atom. The van der Waals surface area contributed by atoms with Crippen molar-refractivity contribution in [2.24, 2.45) is 5.73 Å². The highest BCUT2D eigenvalue weighted by Gasteiger charge is 2.20. The first-order valence-corrected chi connectivity index (χ1v) is 6.59. The molecule has 0 bridgehead atoms. The van der Waals surface area contributed by atoms with Crippen molar-refractivity contribution in [1.29, 1.82) is 0 Å². The van der Waals surface area contributed by atoms with E-state index in [9.17, 15) is 0 Å². The first kappa shape index (κ1) is 9.49. The zero-order chi connectivity index (χ0) is 9.10. The molecule has 2 N–H and O–H groups in total. The van der Waals surface area contributed by atoms with Crippen LogP contribution in [0.2, 0.25) is 0 Å². The monoisotopic (exact) mass is 214 g/mol. The van der Waals surface area contributed by atoms with Crippen molar-refractivity contribution in [2.45, 2.75) is 18.8 Å². The number of thiazole rings is 1. The summed E-state index contributed by atoms with van der Waals surface area (Å²) in [6.07, 6.45) is 4.29. The van der Waals surface area contributed by atoms with E-state index in [0.717, 1.165) is 18.9 Å². The van der Waals surface area contributed by atoms with Crippen molar-refractivity contribution in [3.63, 3.8) is 0 Å².